The Kier molecular flexibility index (Phi) is 5.52. The lowest BCUT2D eigenvalue weighted by Gasteiger charge is -2.49. The summed E-state index contributed by atoms with van der Waals surface area (Å²) in [5.74, 6) is 1.36. The Morgan fingerprint density at radius 1 is 1.03 bits per heavy atom. The third-order valence-electron chi connectivity index (χ3n) is 7.18. The minimum Gasteiger partial charge on any atom is -0.507 e. The largest absolute Gasteiger partial charge is 0.507 e. The highest BCUT2D eigenvalue weighted by molar-refractivity contribution is 5.98. The number of nitrogens with zero attached hydrogens (tertiary/aromatic N) is 4. The van der Waals surface area contributed by atoms with Gasteiger partial charge in [-0.3, -0.25) is 4.98 Å². The summed E-state index contributed by atoms with van der Waals surface area (Å²) in [6, 6.07) is 10.1. The summed E-state index contributed by atoms with van der Waals surface area (Å²) in [7, 11) is 2.10. The van der Waals surface area contributed by atoms with E-state index < -0.39 is 0 Å². The van der Waals surface area contributed by atoms with Crippen molar-refractivity contribution in [1.82, 2.24) is 20.5 Å². The van der Waals surface area contributed by atoms with Crippen molar-refractivity contribution in [3.63, 3.8) is 0 Å². The molecule has 7 heteroatoms. The van der Waals surface area contributed by atoms with Gasteiger partial charge in [0.25, 0.3) is 0 Å². The minimum absolute atomic E-state index is 0.0511. The van der Waals surface area contributed by atoms with Gasteiger partial charge in [-0.25, -0.2) is 0 Å². The molecular weight excluding hydrogens is 426 g/mol. The predicted molar refractivity (Wildman–Crippen MR) is 135 cm³/mol. The van der Waals surface area contributed by atoms with Gasteiger partial charge in [0.15, 0.2) is 5.82 Å². The molecular formula is C27H35N5O2. The summed E-state index contributed by atoms with van der Waals surface area (Å²) < 4.78 is 5.43. The van der Waals surface area contributed by atoms with Crippen LogP contribution in [0.25, 0.3) is 22.2 Å². The van der Waals surface area contributed by atoms with Crippen molar-refractivity contribution in [1.29, 1.82) is 0 Å². The number of benzene rings is 1. The molecule has 0 amide bonds. The highest BCUT2D eigenvalue weighted by atomic mass is 16.5. The van der Waals surface area contributed by atoms with Crippen LogP contribution in [-0.4, -0.2) is 57.7 Å². The molecule has 0 atom stereocenters. The maximum atomic E-state index is 10.8. The molecule has 34 heavy (non-hydrogen) atoms. The van der Waals surface area contributed by atoms with Gasteiger partial charge in [-0.1, -0.05) is 0 Å². The fourth-order valence-electron chi connectivity index (χ4n) is 5.82. The fraction of sp³-hybridized carbons (Fsp3) is 0.519. The van der Waals surface area contributed by atoms with E-state index in [4.69, 9.17) is 9.72 Å². The van der Waals surface area contributed by atoms with Gasteiger partial charge in [-0.05, 0) is 83.4 Å². The third kappa shape index (κ3) is 4.23. The minimum atomic E-state index is 0.0511. The lowest BCUT2D eigenvalue weighted by Crippen LogP contribution is -2.62. The number of hydrogen-bond donors (Lipinski definition) is 2. The molecule has 2 aliphatic heterocycles. The molecule has 1 aromatic carbocycles. The molecule has 0 radical (unpaired) electrons. The topological polar surface area (TPSA) is 83.4 Å². The number of anilines is 1. The SMILES string of the molecule is Cc1cc(C2COC2)c2ccc(O)c(-c3ccc(N(C)C4CC(C)(C)NC(C)(C)C4)nn3)c2n1. The zero-order valence-corrected chi connectivity index (χ0v) is 21.0. The number of hydrogen-bond acceptors (Lipinski definition) is 7. The van der Waals surface area contributed by atoms with Crippen LogP contribution >= 0.6 is 0 Å². The molecule has 0 bridgehead atoms. The summed E-state index contributed by atoms with van der Waals surface area (Å²) in [5, 5.41) is 24.7. The number of phenolic OH excluding ortho intramolecular Hbond substituents is 1. The summed E-state index contributed by atoms with van der Waals surface area (Å²) in [6.07, 6.45) is 2.05. The molecule has 0 unspecified atom stereocenters. The molecule has 180 valence electrons. The summed E-state index contributed by atoms with van der Waals surface area (Å²) in [4.78, 5) is 7.03. The smallest absolute Gasteiger partial charge is 0.151 e. The Morgan fingerprint density at radius 2 is 1.74 bits per heavy atom. The Morgan fingerprint density at radius 3 is 2.32 bits per heavy atom. The first-order chi connectivity index (χ1) is 16.0. The number of nitrogens with one attached hydrogen (secondary N) is 1. The number of aromatic hydroxyl groups is 1. The Balaban J connectivity index is 1.50. The third-order valence-corrected chi connectivity index (χ3v) is 7.18. The van der Waals surface area contributed by atoms with Crippen LogP contribution < -0.4 is 10.2 Å². The highest BCUT2D eigenvalue weighted by Gasteiger charge is 2.39. The number of pyridine rings is 1. The van der Waals surface area contributed by atoms with Crippen molar-refractivity contribution in [3.05, 3.63) is 41.6 Å². The first-order valence-electron chi connectivity index (χ1n) is 12.1. The lowest BCUT2D eigenvalue weighted by atomic mass is 9.79. The van der Waals surface area contributed by atoms with Crippen molar-refractivity contribution in [2.24, 2.45) is 0 Å². The van der Waals surface area contributed by atoms with Crippen molar-refractivity contribution in [2.45, 2.75) is 70.5 Å². The molecule has 5 rings (SSSR count). The van der Waals surface area contributed by atoms with E-state index in [0.29, 0.717) is 23.2 Å². The Labute approximate surface area is 201 Å². The van der Waals surface area contributed by atoms with Crippen LogP contribution in [0.2, 0.25) is 0 Å². The molecule has 0 spiro atoms. The fourth-order valence-corrected chi connectivity index (χ4v) is 5.82. The number of piperidine rings is 1. The number of phenols is 1. The molecule has 2 fully saturated rings. The highest BCUT2D eigenvalue weighted by Crippen LogP contribution is 2.39. The van der Waals surface area contributed by atoms with E-state index in [0.717, 1.165) is 48.5 Å². The molecule has 2 aliphatic rings. The molecule has 2 saturated heterocycles. The number of aromatic nitrogens is 3. The molecule has 0 saturated carbocycles. The van der Waals surface area contributed by atoms with Gasteiger partial charge >= 0.3 is 0 Å². The van der Waals surface area contributed by atoms with Gasteiger partial charge in [0.1, 0.15) is 5.75 Å². The van der Waals surface area contributed by atoms with E-state index in [1.807, 2.05) is 25.1 Å². The van der Waals surface area contributed by atoms with Crippen molar-refractivity contribution in [2.75, 3.05) is 25.2 Å². The van der Waals surface area contributed by atoms with Crippen LogP contribution in [0.5, 0.6) is 5.75 Å². The lowest BCUT2D eigenvalue weighted by molar-refractivity contribution is 0.00897. The average molecular weight is 462 g/mol. The standard InChI is InChI=1S/C27H35N5O2/c1-16-11-20(17-14-34-15-17)19-7-9-22(33)24(25(19)28-16)21-8-10-23(30-29-21)32(6)18-12-26(2,3)31-27(4,5)13-18/h7-11,17-18,31,33H,12-15H2,1-6H3. The first kappa shape index (κ1) is 23.0. The number of ether oxygens (including phenoxy) is 1. The normalized spacial score (nSPS) is 20.3. The van der Waals surface area contributed by atoms with Crippen LogP contribution in [0.3, 0.4) is 0 Å². The van der Waals surface area contributed by atoms with E-state index in [-0.39, 0.29) is 16.8 Å². The van der Waals surface area contributed by atoms with E-state index in [9.17, 15) is 5.11 Å². The van der Waals surface area contributed by atoms with Crippen molar-refractivity contribution in [3.8, 4) is 17.0 Å². The zero-order valence-electron chi connectivity index (χ0n) is 21.0. The summed E-state index contributed by atoms with van der Waals surface area (Å²) in [5.41, 5.74) is 4.26. The van der Waals surface area contributed by atoms with Gasteiger partial charge in [-0.2, -0.15) is 0 Å². The van der Waals surface area contributed by atoms with E-state index >= 15 is 0 Å². The summed E-state index contributed by atoms with van der Waals surface area (Å²) in [6.45, 7) is 12.5. The maximum absolute atomic E-state index is 10.8. The molecule has 3 aromatic rings. The number of fused-ring (bicyclic) bond motifs is 1. The number of rotatable bonds is 4. The van der Waals surface area contributed by atoms with Gasteiger partial charge in [0.2, 0.25) is 0 Å². The molecule has 2 N–H and O–H groups in total. The molecule has 0 aliphatic carbocycles. The van der Waals surface area contributed by atoms with Crippen LogP contribution in [-0.2, 0) is 4.74 Å². The number of aryl methyl sites for hydroxylation is 1. The van der Waals surface area contributed by atoms with Crippen LogP contribution in [0.1, 0.15) is 57.7 Å². The molecule has 7 nitrogen and oxygen atoms in total. The van der Waals surface area contributed by atoms with Crippen LogP contribution in [0.4, 0.5) is 5.82 Å². The monoisotopic (exact) mass is 461 g/mol. The van der Waals surface area contributed by atoms with Gasteiger partial charge < -0.3 is 20.1 Å². The van der Waals surface area contributed by atoms with Crippen LogP contribution in [0, 0.1) is 6.92 Å². The predicted octanol–water partition coefficient (Wildman–Crippen LogP) is 4.57. The van der Waals surface area contributed by atoms with Gasteiger partial charge in [-0.15, -0.1) is 10.2 Å². The first-order valence-corrected chi connectivity index (χ1v) is 12.1. The second-order valence-corrected chi connectivity index (χ2v) is 11.3. The van der Waals surface area contributed by atoms with E-state index in [1.165, 1.54) is 5.56 Å². The quantitative estimate of drug-likeness (QED) is 0.589. The van der Waals surface area contributed by atoms with Gasteiger partial charge in [0, 0.05) is 41.2 Å². The van der Waals surface area contributed by atoms with E-state index in [1.54, 1.807) is 6.07 Å². The van der Waals surface area contributed by atoms with Gasteiger partial charge in [0.05, 0.1) is 30.0 Å². The second kappa shape index (κ2) is 8.17. The average Bonchev–Trinajstić information content (AvgIpc) is 2.69. The van der Waals surface area contributed by atoms with Crippen LogP contribution in [0.15, 0.2) is 30.3 Å². The van der Waals surface area contributed by atoms with Crippen molar-refractivity contribution >= 4 is 16.7 Å². The molecule has 2 aromatic heterocycles. The van der Waals surface area contributed by atoms with E-state index in [2.05, 4.69) is 61.2 Å². The zero-order chi connectivity index (χ0) is 24.3. The second-order valence-electron chi connectivity index (χ2n) is 11.3. The molecule has 4 heterocycles. The summed E-state index contributed by atoms with van der Waals surface area (Å²) >= 11 is 0. The van der Waals surface area contributed by atoms with Crippen molar-refractivity contribution < 1.29 is 9.84 Å². The maximum Gasteiger partial charge on any atom is 0.151 e. The Bertz CT molecular complexity index is 1200. The Hall–Kier alpha value is -2.77.